The lowest BCUT2D eigenvalue weighted by molar-refractivity contribution is -0.123. The molecule has 0 bridgehead atoms. The van der Waals surface area contributed by atoms with Gasteiger partial charge in [0.2, 0.25) is 0 Å². The lowest BCUT2D eigenvalue weighted by atomic mass is 10.0. The molecule has 2 N–H and O–H groups in total. The Morgan fingerprint density at radius 3 is 2.66 bits per heavy atom. The number of urea groups is 1. The van der Waals surface area contributed by atoms with Crippen molar-refractivity contribution in [1.82, 2.24) is 15.2 Å². The van der Waals surface area contributed by atoms with Gasteiger partial charge in [0.1, 0.15) is 27.0 Å². The second-order valence-corrected chi connectivity index (χ2v) is 11.8. The highest BCUT2D eigenvalue weighted by molar-refractivity contribution is 7.21. The second-order valence-electron chi connectivity index (χ2n) is 10.8. The summed E-state index contributed by atoms with van der Waals surface area (Å²) in [6.45, 7) is 2.34. The van der Waals surface area contributed by atoms with Gasteiger partial charge in [0.15, 0.2) is 0 Å². The zero-order valence-electron chi connectivity index (χ0n) is 23.1. The number of benzene rings is 2. The van der Waals surface area contributed by atoms with Crippen LogP contribution in [0.15, 0.2) is 60.8 Å². The van der Waals surface area contributed by atoms with E-state index in [0.29, 0.717) is 45.5 Å². The number of nitrogens with zero attached hydrogens (tertiary/aromatic N) is 3. The Hall–Kier alpha value is -4.28. The van der Waals surface area contributed by atoms with Crippen LogP contribution in [0.3, 0.4) is 0 Å². The van der Waals surface area contributed by atoms with Crippen molar-refractivity contribution >= 4 is 56.3 Å². The van der Waals surface area contributed by atoms with E-state index in [1.54, 1.807) is 17.2 Å². The third kappa shape index (κ3) is 5.28. The molecular weight excluding hydrogens is 538 g/mol. The Kier molecular flexibility index (Phi) is 7.19. The number of pyridine rings is 1. The van der Waals surface area contributed by atoms with E-state index in [0.717, 1.165) is 29.5 Å². The highest BCUT2D eigenvalue weighted by atomic mass is 32.1. The number of rotatable bonds is 8. The number of ether oxygens (including phenoxy) is 1. The number of likely N-dealkylation sites (N-methyl/N-ethyl adjacent to an activating group) is 1. The number of para-hydroxylation sites is 1. The first-order valence-electron chi connectivity index (χ1n) is 13.6. The largest absolute Gasteiger partial charge is 0.457 e. The minimum Gasteiger partial charge on any atom is -0.457 e. The summed E-state index contributed by atoms with van der Waals surface area (Å²) in [7, 11) is 3.77. The topological polar surface area (TPSA) is 104 Å². The second kappa shape index (κ2) is 10.9. The molecule has 0 saturated heterocycles. The summed E-state index contributed by atoms with van der Waals surface area (Å²) in [4.78, 5) is 48.6. The molecule has 1 aliphatic heterocycles. The maximum atomic E-state index is 13.5. The van der Waals surface area contributed by atoms with Crippen molar-refractivity contribution in [3.05, 3.63) is 71.2 Å². The molecule has 4 aromatic rings. The number of hydrogen-bond donors (Lipinski definition) is 2. The van der Waals surface area contributed by atoms with Crippen LogP contribution in [0, 0.1) is 12.8 Å². The van der Waals surface area contributed by atoms with Crippen molar-refractivity contribution in [3.8, 4) is 11.5 Å². The van der Waals surface area contributed by atoms with Crippen LogP contribution in [0.1, 0.15) is 34.5 Å². The quantitative estimate of drug-likeness (QED) is 0.265. The molecular formula is C31H31N5O4S. The van der Waals surface area contributed by atoms with Crippen LogP contribution in [0.4, 0.5) is 21.9 Å². The predicted molar refractivity (Wildman–Crippen MR) is 161 cm³/mol. The van der Waals surface area contributed by atoms with Gasteiger partial charge in [-0.2, -0.15) is 0 Å². The Morgan fingerprint density at radius 1 is 1.10 bits per heavy atom. The van der Waals surface area contributed by atoms with Crippen LogP contribution >= 0.6 is 11.3 Å². The highest BCUT2D eigenvalue weighted by Crippen LogP contribution is 2.46. The van der Waals surface area contributed by atoms with Gasteiger partial charge < -0.3 is 20.3 Å². The van der Waals surface area contributed by atoms with Gasteiger partial charge in [-0.1, -0.05) is 18.2 Å². The van der Waals surface area contributed by atoms with Crippen LogP contribution in [0.2, 0.25) is 0 Å². The molecule has 3 heterocycles. The van der Waals surface area contributed by atoms with Gasteiger partial charge >= 0.3 is 6.03 Å². The minimum absolute atomic E-state index is 0.0438. The number of Topliss-reactive ketones (excluding diaryl/α,β-unsaturated/α-hetero) is 1. The summed E-state index contributed by atoms with van der Waals surface area (Å²) in [5.41, 5.74) is 2.71. The molecule has 2 aliphatic rings. The first-order valence-corrected chi connectivity index (χ1v) is 14.4. The van der Waals surface area contributed by atoms with E-state index in [-0.39, 0.29) is 29.7 Å². The van der Waals surface area contributed by atoms with Crippen molar-refractivity contribution in [3.63, 3.8) is 0 Å². The molecule has 2 atom stereocenters. The van der Waals surface area contributed by atoms with Crippen LogP contribution < -0.4 is 20.3 Å². The Balaban J connectivity index is 1.25. The standard InChI is InChI=1S/C31H31N5O4S/c1-18-15-22(40-21-7-5-4-6-8-21)11-12-23(18)36-24-13-14-32-30-26(24)27(34-31(36)39)28(41-30)29(38)33-20-10-9-19(16-20)25(37)17-35(2)3/h4-8,11-15,19-20H,9-10,16-17H2,1-3H3,(H,33,38)(H,34,39)/t19?,20-/m1/s1. The molecule has 210 valence electrons. The summed E-state index contributed by atoms with van der Waals surface area (Å²) in [5, 5.41) is 6.80. The fraction of sp³-hybridized carbons (Fsp3) is 0.290. The fourth-order valence-electron chi connectivity index (χ4n) is 5.65. The molecule has 1 unspecified atom stereocenters. The van der Waals surface area contributed by atoms with Gasteiger partial charge in [0, 0.05) is 18.2 Å². The number of aromatic nitrogens is 1. The zero-order valence-corrected chi connectivity index (χ0v) is 24.0. The monoisotopic (exact) mass is 569 g/mol. The van der Waals surface area contributed by atoms with Crippen LogP contribution in [0.5, 0.6) is 11.5 Å². The normalized spacial score (nSPS) is 18.0. The van der Waals surface area contributed by atoms with E-state index in [4.69, 9.17) is 4.74 Å². The number of aryl methyl sites for hydroxylation is 1. The molecule has 1 aliphatic carbocycles. The molecule has 2 aromatic heterocycles. The van der Waals surface area contributed by atoms with Gasteiger partial charge in [-0.05, 0) is 82.2 Å². The maximum absolute atomic E-state index is 13.5. The van der Waals surface area contributed by atoms with Gasteiger partial charge in [0.05, 0.1) is 29.0 Å². The number of amides is 3. The summed E-state index contributed by atoms with van der Waals surface area (Å²) in [6.07, 6.45) is 3.81. The summed E-state index contributed by atoms with van der Waals surface area (Å²) >= 11 is 1.26. The average molecular weight is 570 g/mol. The molecule has 1 saturated carbocycles. The highest BCUT2D eigenvalue weighted by Gasteiger charge is 2.35. The number of hydrogen-bond acceptors (Lipinski definition) is 7. The van der Waals surface area contributed by atoms with Crippen LogP contribution in [-0.2, 0) is 4.79 Å². The summed E-state index contributed by atoms with van der Waals surface area (Å²) < 4.78 is 5.97. The minimum atomic E-state index is -0.354. The summed E-state index contributed by atoms with van der Waals surface area (Å²) in [5.74, 6) is 1.31. The molecule has 9 nitrogen and oxygen atoms in total. The molecule has 2 aromatic carbocycles. The first-order chi connectivity index (χ1) is 19.8. The van der Waals surface area contributed by atoms with Gasteiger partial charge in [-0.15, -0.1) is 11.3 Å². The number of carbonyl (C=O) groups excluding carboxylic acids is 3. The SMILES string of the molecule is Cc1cc(Oc2ccccc2)ccc1N1C(=O)Nc2c(C(=O)N[C@@H]3CCC(C(=O)CN(C)C)C3)sc3nccc1c23. The van der Waals surface area contributed by atoms with Crippen molar-refractivity contribution in [1.29, 1.82) is 0 Å². The summed E-state index contributed by atoms with van der Waals surface area (Å²) in [6, 6.07) is 16.5. The van der Waals surface area contributed by atoms with Crippen molar-refractivity contribution < 1.29 is 19.1 Å². The number of anilines is 3. The molecule has 1 fully saturated rings. The van der Waals surface area contributed by atoms with Crippen LogP contribution in [0.25, 0.3) is 10.2 Å². The van der Waals surface area contributed by atoms with E-state index in [9.17, 15) is 14.4 Å². The van der Waals surface area contributed by atoms with Gasteiger partial charge in [0.25, 0.3) is 5.91 Å². The number of ketones is 1. The first kappa shape index (κ1) is 26.9. The smallest absolute Gasteiger partial charge is 0.331 e. The fourth-order valence-corrected chi connectivity index (χ4v) is 6.67. The van der Waals surface area contributed by atoms with Crippen molar-refractivity contribution in [2.75, 3.05) is 30.9 Å². The number of nitrogens with one attached hydrogen (secondary N) is 2. The average Bonchev–Trinajstić information content (AvgIpc) is 3.56. The predicted octanol–water partition coefficient (Wildman–Crippen LogP) is 6.11. The van der Waals surface area contributed by atoms with E-state index in [1.165, 1.54) is 11.3 Å². The number of thiophene rings is 1. The molecule has 0 radical (unpaired) electrons. The maximum Gasteiger partial charge on any atom is 0.331 e. The molecule has 10 heteroatoms. The van der Waals surface area contributed by atoms with Crippen molar-refractivity contribution in [2.24, 2.45) is 5.92 Å². The molecule has 41 heavy (non-hydrogen) atoms. The molecule has 6 rings (SSSR count). The third-order valence-electron chi connectivity index (χ3n) is 7.54. The zero-order chi connectivity index (χ0) is 28.7. The van der Waals surface area contributed by atoms with E-state index >= 15 is 0 Å². The molecule has 3 amide bonds. The van der Waals surface area contributed by atoms with E-state index in [1.807, 2.05) is 74.4 Å². The third-order valence-corrected chi connectivity index (χ3v) is 8.63. The van der Waals surface area contributed by atoms with Gasteiger partial charge in [-0.3, -0.25) is 14.5 Å². The van der Waals surface area contributed by atoms with Gasteiger partial charge in [-0.25, -0.2) is 9.78 Å². The van der Waals surface area contributed by atoms with Crippen molar-refractivity contribution in [2.45, 2.75) is 32.2 Å². The number of carbonyl (C=O) groups is 3. The van der Waals surface area contributed by atoms with Crippen LogP contribution in [-0.4, -0.2) is 54.3 Å². The Morgan fingerprint density at radius 2 is 1.90 bits per heavy atom. The van der Waals surface area contributed by atoms with E-state index < -0.39 is 0 Å². The van der Waals surface area contributed by atoms with E-state index in [2.05, 4.69) is 15.6 Å². The lowest BCUT2D eigenvalue weighted by Gasteiger charge is -2.29. The Bertz CT molecular complexity index is 1650. The lowest BCUT2D eigenvalue weighted by Crippen LogP contribution is -2.36. The Labute approximate surface area is 242 Å². The molecule has 0 spiro atoms.